The lowest BCUT2D eigenvalue weighted by Crippen LogP contribution is -2.26. The molecule has 0 N–H and O–H groups in total. The Labute approximate surface area is 196 Å². The van der Waals surface area contributed by atoms with Gasteiger partial charge in [0.15, 0.2) is 0 Å². The highest BCUT2D eigenvalue weighted by Crippen LogP contribution is 2.54. The number of nitrogens with zero attached hydrogens (tertiary/aromatic N) is 1. The van der Waals surface area contributed by atoms with Crippen LogP contribution in [0.2, 0.25) is 0 Å². The molecular weight excluding hydrogens is 398 g/mol. The van der Waals surface area contributed by atoms with E-state index in [0.29, 0.717) is 12.0 Å². The van der Waals surface area contributed by atoms with Gasteiger partial charge in [0.2, 0.25) is 0 Å². The largest absolute Gasteiger partial charge is 0.337 e. The molecule has 1 saturated carbocycles. The van der Waals surface area contributed by atoms with E-state index in [1.165, 1.54) is 74.1 Å². The zero-order valence-electron chi connectivity index (χ0n) is 20.1. The van der Waals surface area contributed by atoms with Crippen LogP contribution in [0, 0.1) is 6.92 Å². The van der Waals surface area contributed by atoms with Gasteiger partial charge in [0.1, 0.15) is 0 Å². The number of aryl methyl sites for hydroxylation is 1. The lowest BCUT2D eigenvalue weighted by Gasteiger charge is -2.29. The Hall–Kier alpha value is -3.06. The summed E-state index contributed by atoms with van der Waals surface area (Å²) in [6, 6.07) is 26.6. The Kier molecular flexibility index (Phi) is 3.83. The van der Waals surface area contributed by atoms with Crippen LogP contribution in [-0.2, 0) is 5.41 Å². The van der Waals surface area contributed by atoms with E-state index in [0.717, 1.165) is 0 Å². The second-order valence-electron chi connectivity index (χ2n) is 11.4. The number of hydrogen-bond acceptors (Lipinski definition) is 1. The highest BCUT2D eigenvalue weighted by atomic mass is 15.2. The predicted octanol–water partition coefficient (Wildman–Crippen LogP) is 8.98. The fourth-order valence-electron chi connectivity index (χ4n) is 6.74. The average molecular weight is 430 g/mol. The maximum atomic E-state index is 2.69. The van der Waals surface area contributed by atoms with Gasteiger partial charge in [-0.2, -0.15) is 0 Å². The second-order valence-corrected chi connectivity index (χ2v) is 11.4. The van der Waals surface area contributed by atoms with Crippen LogP contribution in [-0.4, -0.2) is 6.04 Å². The third-order valence-electron chi connectivity index (χ3n) is 8.35. The van der Waals surface area contributed by atoms with Gasteiger partial charge in [-0.15, -0.1) is 0 Å². The smallest absolute Gasteiger partial charge is 0.0493 e. The Bertz CT molecular complexity index is 1530. The molecule has 7 rings (SSSR count). The van der Waals surface area contributed by atoms with Crippen molar-refractivity contribution in [3.8, 4) is 0 Å². The molecule has 1 fully saturated rings. The summed E-state index contributed by atoms with van der Waals surface area (Å²) in [7, 11) is 0. The number of hydrogen-bond donors (Lipinski definition) is 0. The van der Waals surface area contributed by atoms with Crippen LogP contribution in [0.15, 0.2) is 66.7 Å². The molecule has 2 unspecified atom stereocenters. The molecule has 0 aromatic heterocycles. The van der Waals surface area contributed by atoms with Crippen LogP contribution < -0.4 is 4.90 Å². The summed E-state index contributed by atoms with van der Waals surface area (Å²) in [6.45, 7) is 9.16. The lowest BCUT2D eigenvalue weighted by atomic mass is 9.83. The fraction of sp³-hybridized carbons (Fsp3) is 0.312. The van der Waals surface area contributed by atoms with Crippen LogP contribution in [0.1, 0.15) is 62.6 Å². The van der Waals surface area contributed by atoms with Gasteiger partial charge in [0, 0.05) is 28.7 Å². The molecule has 33 heavy (non-hydrogen) atoms. The van der Waals surface area contributed by atoms with Crippen molar-refractivity contribution in [2.75, 3.05) is 4.90 Å². The Morgan fingerprint density at radius 3 is 2.21 bits per heavy atom. The van der Waals surface area contributed by atoms with E-state index in [-0.39, 0.29) is 5.41 Å². The van der Waals surface area contributed by atoms with Gasteiger partial charge < -0.3 is 4.90 Å². The van der Waals surface area contributed by atoms with Crippen molar-refractivity contribution in [3.05, 3.63) is 83.4 Å². The first kappa shape index (κ1) is 19.4. The van der Waals surface area contributed by atoms with Crippen LogP contribution in [0.4, 0.5) is 11.4 Å². The zero-order valence-corrected chi connectivity index (χ0v) is 20.1. The molecule has 1 heteroatoms. The molecule has 1 aliphatic heterocycles. The van der Waals surface area contributed by atoms with E-state index in [4.69, 9.17) is 0 Å². The number of fused-ring (bicyclic) bond motifs is 3. The number of rotatable bonds is 1. The molecule has 2 atom stereocenters. The third-order valence-corrected chi connectivity index (χ3v) is 8.35. The minimum atomic E-state index is 0.143. The van der Waals surface area contributed by atoms with Crippen molar-refractivity contribution in [3.63, 3.8) is 0 Å². The van der Waals surface area contributed by atoms with Gasteiger partial charge in [0.25, 0.3) is 0 Å². The Morgan fingerprint density at radius 1 is 0.727 bits per heavy atom. The van der Waals surface area contributed by atoms with Crippen molar-refractivity contribution >= 4 is 43.7 Å². The summed E-state index contributed by atoms with van der Waals surface area (Å²) in [5.74, 6) is 0.674. The summed E-state index contributed by atoms with van der Waals surface area (Å²) >= 11 is 0. The third kappa shape index (κ3) is 2.66. The molecule has 164 valence electrons. The Morgan fingerprint density at radius 2 is 1.42 bits per heavy atom. The monoisotopic (exact) mass is 429 g/mol. The van der Waals surface area contributed by atoms with Gasteiger partial charge in [0.05, 0.1) is 0 Å². The lowest BCUT2D eigenvalue weighted by molar-refractivity contribution is 0.591. The van der Waals surface area contributed by atoms with Crippen molar-refractivity contribution in [1.82, 2.24) is 0 Å². The highest BCUT2D eigenvalue weighted by Gasteiger charge is 2.42. The molecule has 0 amide bonds. The van der Waals surface area contributed by atoms with Crippen molar-refractivity contribution in [2.45, 2.75) is 64.3 Å². The van der Waals surface area contributed by atoms with Gasteiger partial charge in [-0.3, -0.25) is 0 Å². The summed E-state index contributed by atoms with van der Waals surface area (Å²) in [6.07, 6.45) is 3.94. The molecule has 5 aromatic rings. The molecule has 0 bridgehead atoms. The molecule has 1 aliphatic carbocycles. The number of anilines is 2. The summed E-state index contributed by atoms with van der Waals surface area (Å²) in [5.41, 5.74) is 7.32. The molecule has 2 aliphatic rings. The minimum absolute atomic E-state index is 0.143. The standard InChI is InChI=1S/C32H31N/c1-19-8-14-29-26(16-19)24-6-5-7-27(24)33(29)28-15-12-20-9-10-21-17-23(32(2,3)4)18-22-11-13-25(28)31(20)30(21)22/h8-18,24,27H,5-7H2,1-4H3. The predicted molar refractivity (Wildman–Crippen MR) is 143 cm³/mol. The van der Waals surface area contributed by atoms with Crippen molar-refractivity contribution < 1.29 is 0 Å². The SMILES string of the molecule is Cc1ccc2c(c1)C1CCCC1N2c1ccc2ccc3cc(C(C)(C)C)cc4ccc1c2c34. The zero-order chi connectivity index (χ0) is 22.5. The quantitative estimate of drug-likeness (QED) is 0.240. The van der Waals surface area contributed by atoms with E-state index in [1.807, 2.05) is 0 Å². The highest BCUT2D eigenvalue weighted by molar-refractivity contribution is 6.25. The summed E-state index contributed by atoms with van der Waals surface area (Å²) in [5, 5.41) is 8.33. The summed E-state index contributed by atoms with van der Waals surface area (Å²) in [4.78, 5) is 2.69. The normalized spacial score (nSPS) is 20.3. The van der Waals surface area contributed by atoms with E-state index in [9.17, 15) is 0 Å². The molecule has 1 nitrogen and oxygen atoms in total. The topological polar surface area (TPSA) is 3.24 Å². The molecule has 0 spiro atoms. The molecule has 0 radical (unpaired) electrons. The first-order chi connectivity index (χ1) is 15.9. The van der Waals surface area contributed by atoms with Crippen LogP contribution in [0.3, 0.4) is 0 Å². The Balaban J connectivity index is 1.52. The van der Waals surface area contributed by atoms with Gasteiger partial charge in [-0.05, 0) is 75.4 Å². The van der Waals surface area contributed by atoms with Gasteiger partial charge in [-0.1, -0.05) is 87.4 Å². The maximum absolute atomic E-state index is 2.69. The maximum Gasteiger partial charge on any atom is 0.0493 e. The van der Waals surface area contributed by atoms with Crippen LogP contribution in [0.5, 0.6) is 0 Å². The van der Waals surface area contributed by atoms with E-state index in [1.54, 1.807) is 5.56 Å². The number of benzene rings is 5. The van der Waals surface area contributed by atoms with Crippen LogP contribution >= 0.6 is 0 Å². The fourth-order valence-corrected chi connectivity index (χ4v) is 6.74. The molecule has 0 saturated heterocycles. The van der Waals surface area contributed by atoms with Gasteiger partial charge in [-0.25, -0.2) is 0 Å². The van der Waals surface area contributed by atoms with Crippen molar-refractivity contribution in [2.24, 2.45) is 0 Å². The van der Waals surface area contributed by atoms with E-state index >= 15 is 0 Å². The average Bonchev–Trinajstić information content (AvgIpc) is 3.38. The molecular formula is C32H31N. The molecule has 5 aromatic carbocycles. The van der Waals surface area contributed by atoms with Crippen LogP contribution in [0.25, 0.3) is 32.3 Å². The first-order valence-corrected chi connectivity index (χ1v) is 12.5. The van der Waals surface area contributed by atoms with E-state index in [2.05, 4.69) is 99.3 Å². The molecule has 1 heterocycles. The summed E-state index contributed by atoms with van der Waals surface area (Å²) < 4.78 is 0. The second kappa shape index (κ2) is 6.50. The minimum Gasteiger partial charge on any atom is -0.337 e. The van der Waals surface area contributed by atoms with Crippen molar-refractivity contribution in [1.29, 1.82) is 0 Å². The van der Waals surface area contributed by atoms with Gasteiger partial charge >= 0.3 is 0 Å². The first-order valence-electron chi connectivity index (χ1n) is 12.5. The van der Waals surface area contributed by atoms with E-state index < -0.39 is 0 Å².